The number of amides is 1. The number of halogens is 3. The van der Waals surface area contributed by atoms with E-state index in [1.165, 1.54) is 0 Å². The van der Waals surface area contributed by atoms with Crippen LogP contribution in [0.3, 0.4) is 0 Å². The summed E-state index contributed by atoms with van der Waals surface area (Å²) in [4.78, 5) is 12.3. The van der Waals surface area contributed by atoms with Crippen LogP contribution in [0.25, 0.3) is 11.0 Å². The monoisotopic (exact) mass is 382 g/mol. The Morgan fingerprint density at radius 1 is 1.27 bits per heavy atom. The molecule has 3 heterocycles. The van der Waals surface area contributed by atoms with E-state index >= 15 is 0 Å². The second-order valence-electron chi connectivity index (χ2n) is 6.07. The standard InChI is InChI=1S/C15H13F3N6OS/c16-15(17,18)9-3-4-24-12(6-9)20-21-13(24)7-19-14(25)8-1-2-10-11(5-8)23-26-22-10/h1-2,5,9H,3-4,6-7H2,(H,19,25)/t9-/m0/s1. The third-order valence-corrected chi connectivity index (χ3v) is 4.98. The van der Waals surface area contributed by atoms with Crippen molar-refractivity contribution >= 4 is 28.7 Å². The van der Waals surface area contributed by atoms with Gasteiger partial charge in [-0.2, -0.15) is 21.9 Å². The van der Waals surface area contributed by atoms with Crippen molar-refractivity contribution in [2.75, 3.05) is 0 Å². The van der Waals surface area contributed by atoms with Gasteiger partial charge in [0.15, 0.2) is 5.82 Å². The van der Waals surface area contributed by atoms with Crippen molar-refractivity contribution in [3.8, 4) is 0 Å². The van der Waals surface area contributed by atoms with Crippen molar-refractivity contribution in [1.82, 2.24) is 28.8 Å². The summed E-state index contributed by atoms with van der Waals surface area (Å²) in [6, 6.07) is 5.00. The first-order chi connectivity index (χ1) is 12.4. The fourth-order valence-corrected chi connectivity index (χ4v) is 3.50. The maximum Gasteiger partial charge on any atom is 0.392 e. The average Bonchev–Trinajstić information content (AvgIpc) is 3.24. The molecule has 136 valence electrons. The highest BCUT2D eigenvalue weighted by molar-refractivity contribution is 7.00. The summed E-state index contributed by atoms with van der Waals surface area (Å²) in [7, 11) is 0. The van der Waals surface area contributed by atoms with Crippen LogP contribution in [0.4, 0.5) is 13.2 Å². The Morgan fingerprint density at radius 3 is 2.88 bits per heavy atom. The van der Waals surface area contributed by atoms with Crippen LogP contribution in [0.1, 0.15) is 28.4 Å². The van der Waals surface area contributed by atoms with E-state index < -0.39 is 12.1 Å². The van der Waals surface area contributed by atoms with Crippen molar-refractivity contribution in [2.24, 2.45) is 5.92 Å². The van der Waals surface area contributed by atoms with Crippen molar-refractivity contribution in [1.29, 1.82) is 0 Å². The molecule has 1 aliphatic rings. The molecule has 0 saturated carbocycles. The normalized spacial score (nSPS) is 17.3. The van der Waals surface area contributed by atoms with Crippen molar-refractivity contribution in [2.45, 2.75) is 32.1 Å². The average molecular weight is 382 g/mol. The third kappa shape index (κ3) is 3.14. The summed E-state index contributed by atoms with van der Waals surface area (Å²) in [6.45, 7) is 0.282. The molecule has 1 N–H and O–H groups in total. The fourth-order valence-electron chi connectivity index (χ4n) is 2.98. The Balaban J connectivity index is 1.44. The van der Waals surface area contributed by atoms with E-state index in [1.807, 2.05) is 0 Å². The molecular weight excluding hydrogens is 369 g/mol. The molecule has 0 bridgehead atoms. The first-order valence-corrected chi connectivity index (χ1v) is 8.63. The van der Waals surface area contributed by atoms with Crippen LogP contribution in [-0.4, -0.2) is 35.6 Å². The Labute approximate surface area is 149 Å². The van der Waals surface area contributed by atoms with E-state index in [4.69, 9.17) is 0 Å². The maximum atomic E-state index is 12.8. The second kappa shape index (κ2) is 6.31. The van der Waals surface area contributed by atoms with Crippen LogP contribution in [0, 0.1) is 5.92 Å². The van der Waals surface area contributed by atoms with Crippen LogP contribution < -0.4 is 5.32 Å². The molecule has 1 amide bonds. The smallest absolute Gasteiger partial charge is 0.345 e. The number of carbonyl (C=O) groups is 1. The summed E-state index contributed by atoms with van der Waals surface area (Å²) in [5.41, 5.74) is 1.79. The van der Waals surface area contributed by atoms with Gasteiger partial charge in [-0.25, -0.2) is 0 Å². The van der Waals surface area contributed by atoms with Crippen LogP contribution in [0.2, 0.25) is 0 Å². The molecule has 2 aromatic heterocycles. The largest absolute Gasteiger partial charge is 0.392 e. The van der Waals surface area contributed by atoms with E-state index in [0.717, 1.165) is 17.2 Å². The molecule has 4 rings (SSSR count). The van der Waals surface area contributed by atoms with E-state index in [-0.39, 0.29) is 31.8 Å². The predicted octanol–water partition coefficient (Wildman–Crippen LogP) is 2.34. The highest BCUT2D eigenvalue weighted by Gasteiger charge is 2.42. The van der Waals surface area contributed by atoms with Gasteiger partial charge in [0.05, 0.1) is 24.2 Å². The van der Waals surface area contributed by atoms with Gasteiger partial charge < -0.3 is 9.88 Å². The van der Waals surface area contributed by atoms with Crippen molar-refractivity contribution in [3.63, 3.8) is 0 Å². The minimum Gasteiger partial charge on any atom is -0.345 e. The molecule has 0 unspecified atom stereocenters. The maximum absolute atomic E-state index is 12.8. The molecule has 1 atom stereocenters. The SMILES string of the molecule is O=C(NCc1nnc2n1CC[C@H](C(F)(F)F)C2)c1ccc2nsnc2c1. The topological polar surface area (TPSA) is 85.6 Å². The molecule has 0 fully saturated rings. The highest BCUT2D eigenvalue weighted by atomic mass is 32.1. The zero-order chi connectivity index (χ0) is 18.3. The number of nitrogens with one attached hydrogen (secondary N) is 1. The number of nitrogens with zero attached hydrogens (tertiary/aromatic N) is 5. The van der Waals surface area contributed by atoms with Gasteiger partial charge >= 0.3 is 6.18 Å². The molecule has 0 spiro atoms. The van der Waals surface area contributed by atoms with Gasteiger partial charge in [-0.05, 0) is 24.6 Å². The van der Waals surface area contributed by atoms with Crippen LogP contribution in [-0.2, 0) is 19.5 Å². The van der Waals surface area contributed by atoms with Crippen molar-refractivity contribution < 1.29 is 18.0 Å². The lowest BCUT2D eigenvalue weighted by Crippen LogP contribution is -2.32. The van der Waals surface area contributed by atoms with Gasteiger partial charge in [0, 0.05) is 18.5 Å². The molecule has 0 radical (unpaired) electrons. The van der Waals surface area contributed by atoms with E-state index in [9.17, 15) is 18.0 Å². The van der Waals surface area contributed by atoms with E-state index in [2.05, 4.69) is 24.3 Å². The minimum absolute atomic E-state index is 0.0109. The van der Waals surface area contributed by atoms with Gasteiger partial charge in [-0.1, -0.05) is 0 Å². The number of alkyl halides is 3. The molecule has 0 saturated heterocycles. The quantitative estimate of drug-likeness (QED) is 0.752. The Kier molecular flexibility index (Phi) is 4.10. The summed E-state index contributed by atoms with van der Waals surface area (Å²) >= 11 is 1.07. The van der Waals surface area contributed by atoms with Gasteiger partial charge in [-0.3, -0.25) is 4.79 Å². The third-order valence-electron chi connectivity index (χ3n) is 4.42. The lowest BCUT2D eigenvalue weighted by atomic mass is 9.97. The highest BCUT2D eigenvalue weighted by Crippen LogP contribution is 2.34. The van der Waals surface area contributed by atoms with Crippen LogP contribution in [0.15, 0.2) is 18.2 Å². The summed E-state index contributed by atoms with van der Waals surface area (Å²) in [6.07, 6.45) is -4.42. The molecule has 1 aliphatic heterocycles. The zero-order valence-electron chi connectivity index (χ0n) is 13.3. The van der Waals surface area contributed by atoms with Gasteiger partial charge in [-0.15, -0.1) is 10.2 Å². The van der Waals surface area contributed by atoms with E-state index in [1.54, 1.807) is 22.8 Å². The fraction of sp³-hybridized carbons (Fsp3) is 0.400. The van der Waals surface area contributed by atoms with Gasteiger partial charge in [0.25, 0.3) is 5.91 Å². The first kappa shape index (κ1) is 16.9. The molecule has 7 nitrogen and oxygen atoms in total. The Hall–Kier alpha value is -2.56. The lowest BCUT2D eigenvalue weighted by molar-refractivity contribution is -0.179. The van der Waals surface area contributed by atoms with E-state index in [0.29, 0.717) is 22.7 Å². The number of carbonyl (C=O) groups excluding carboxylic acids is 1. The molecule has 0 aliphatic carbocycles. The predicted molar refractivity (Wildman–Crippen MR) is 86.5 cm³/mol. The Morgan fingerprint density at radius 2 is 2.08 bits per heavy atom. The second-order valence-corrected chi connectivity index (χ2v) is 6.59. The van der Waals surface area contributed by atoms with Crippen molar-refractivity contribution in [3.05, 3.63) is 35.4 Å². The molecular formula is C15H13F3N6OS. The first-order valence-electron chi connectivity index (χ1n) is 7.90. The number of benzene rings is 1. The van der Waals surface area contributed by atoms with Gasteiger partial charge in [0.2, 0.25) is 0 Å². The van der Waals surface area contributed by atoms with Gasteiger partial charge in [0.1, 0.15) is 16.9 Å². The molecule has 1 aromatic carbocycles. The lowest BCUT2D eigenvalue weighted by Gasteiger charge is -2.25. The zero-order valence-corrected chi connectivity index (χ0v) is 14.1. The number of fused-ring (bicyclic) bond motifs is 2. The van der Waals surface area contributed by atoms with Crippen LogP contribution in [0.5, 0.6) is 0 Å². The summed E-state index contributed by atoms with van der Waals surface area (Å²) < 4.78 is 48.4. The molecule has 11 heteroatoms. The number of hydrogen-bond acceptors (Lipinski definition) is 6. The van der Waals surface area contributed by atoms with Crippen LogP contribution >= 0.6 is 11.7 Å². The number of hydrogen-bond donors (Lipinski definition) is 1. The number of rotatable bonds is 3. The Bertz CT molecular complexity index is 966. The summed E-state index contributed by atoms with van der Waals surface area (Å²) in [5, 5.41) is 10.5. The number of aromatic nitrogens is 5. The summed E-state index contributed by atoms with van der Waals surface area (Å²) in [5.74, 6) is -0.954. The minimum atomic E-state index is -4.23. The molecule has 3 aromatic rings. The molecule has 26 heavy (non-hydrogen) atoms.